The van der Waals surface area contributed by atoms with Crippen molar-refractivity contribution in [2.75, 3.05) is 14.1 Å². The maximum Gasteiger partial charge on any atom is 0.312 e. The topological polar surface area (TPSA) is 49.8 Å². The number of carbonyl (C=O) groups excluding carboxylic acids is 1. The first-order valence-electron chi connectivity index (χ1n) is 7.59. The highest BCUT2D eigenvalue weighted by molar-refractivity contribution is 5.85. The van der Waals surface area contributed by atoms with E-state index in [1.807, 2.05) is 56.3 Å². The van der Waals surface area contributed by atoms with Gasteiger partial charge < -0.3 is 9.84 Å². The minimum Gasteiger partial charge on any atom is -0.431 e. The van der Waals surface area contributed by atoms with E-state index in [9.17, 15) is 9.90 Å². The Morgan fingerprint density at radius 1 is 1.27 bits per heavy atom. The SMILES string of the molecule is CCC1(N(C)C)CCCC1(O)OC(=O)Cc1ccccc1.Cl. The average molecular weight is 328 g/mol. The quantitative estimate of drug-likeness (QED) is 0.667. The first-order valence-corrected chi connectivity index (χ1v) is 7.59. The van der Waals surface area contributed by atoms with Gasteiger partial charge in [0.15, 0.2) is 0 Å². The second kappa shape index (κ2) is 7.44. The number of esters is 1. The van der Waals surface area contributed by atoms with Crippen LogP contribution >= 0.6 is 12.4 Å². The Bertz CT molecular complexity index is 494. The Hall–Kier alpha value is -1.10. The zero-order chi connectivity index (χ0) is 15.5. The van der Waals surface area contributed by atoms with Crippen molar-refractivity contribution in [1.29, 1.82) is 0 Å². The van der Waals surface area contributed by atoms with Crippen molar-refractivity contribution >= 4 is 18.4 Å². The number of carbonyl (C=O) groups is 1. The lowest BCUT2D eigenvalue weighted by molar-refractivity contribution is -0.249. The third-order valence-electron chi connectivity index (χ3n) is 4.75. The Morgan fingerprint density at radius 2 is 1.91 bits per heavy atom. The summed E-state index contributed by atoms with van der Waals surface area (Å²) in [5.41, 5.74) is 0.412. The van der Waals surface area contributed by atoms with Gasteiger partial charge in [0.25, 0.3) is 0 Å². The Balaban J connectivity index is 0.00000242. The molecule has 2 unspecified atom stereocenters. The third-order valence-corrected chi connectivity index (χ3v) is 4.75. The van der Waals surface area contributed by atoms with E-state index in [0.29, 0.717) is 6.42 Å². The molecule has 0 spiro atoms. The fourth-order valence-corrected chi connectivity index (χ4v) is 3.52. The molecule has 4 nitrogen and oxygen atoms in total. The Morgan fingerprint density at radius 3 is 2.45 bits per heavy atom. The molecule has 1 aliphatic carbocycles. The molecule has 5 heteroatoms. The van der Waals surface area contributed by atoms with E-state index in [4.69, 9.17) is 4.74 Å². The largest absolute Gasteiger partial charge is 0.431 e. The van der Waals surface area contributed by atoms with E-state index in [-0.39, 0.29) is 24.8 Å². The summed E-state index contributed by atoms with van der Waals surface area (Å²) in [6, 6.07) is 9.47. The second-order valence-corrected chi connectivity index (χ2v) is 6.05. The van der Waals surface area contributed by atoms with Crippen molar-refractivity contribution in [1.82, 2.24) is 4.90 Å². The summed E-state index contributed by atoms with van der Waals surface area (Å²) >= 11 is 0. The van der Waals surface area contributed by atoms with Gasteiger partial charge in [-0.1, -0.05) is 37.3 Å². The van der Waals surface area contributed by atoms with Crippen molar-refractivity contribution in [2.24, 2.45) is 0 Å². The molecule has 1 aromatic carbocycles. The predicted molar refractivity (Wildman–Crippen MR) is 89.0 cm³/mol. The molecule has 0 aromatic heterocycles. The van der Waals surface area contributed by atoms with E-state index >= 15 is 0 Å². The summed E-state index contributed by atoms with van der Waals surface area (Å²) in [4.78, 5) is 14.2. The van der Waals surface area contributed by atoms with Crippen LogP contribution in [0.15, 0.2) is 30.3 Å². The van der Waals surface area contributed by atoms with Gasteiger partial charge in [0.05, 0.1) is 12.0 Å². The van der Waals surface area contributed by atoms with E-state index in [1.54, 1.807) is 0 Å². The van der Waals surface area contributed by atoms with Crippen LogP contribution in [0.25, 0.3) is 0 Å². The summed E-state index contributed by atoms with van der Waals surface area (Å²) < 4.78 is 5.55. The van der Waals surface area contributed by atoms with E-state index in [1.165, 1.54) is 0 Å². The Labute approximate surface area is 138 Å². The molecule has 1 aromatic rings. The number of likely N-dealkylation sites (N-methyl/N-ethyl adjacent to an activating group) is 1. The fourth-order valence-electron chi connectivity index (χ4n) is 3.52. The van der Waals surface area contributed by atoms with Gasteiger partial charge in [0.1, 0.15) is 0 Å². The van der Waals surface area contributed by atoms with Crippen LogP contribution in [0.2, 0.25) is 0 Å². The monoisotopic (exact) mass is 327 g/mol. The van der Waals surface area contributed by atoms with E-state index in [0.717, 1.165) is 24.8 Å². The van der Waals surface area contributed by atoms with Crippen molar-refractivity contribution in [3.63, 3.8) is 0 Å². The van der Waals surface area contributed by atoms with Gasteiger partial charge in [-0.15, -0.1) is 12.4 Å². The zero-order valence-electron chi connectivity index (χ0n) is 13.5. The summed E-state index contributed by atoms with van der Waals surface area (Å²) in [5.74, 6) is -1.76. The van der Waals surface area contributed by atoms with Gasteiger partial charge in [-0.25, -0.2) is 0 Å². The standard InChI is InChI=1S/C17H25NO3.ClH/c1-4-16(18(2)3)11-8-12-17(16,20)21-15(19)13-14-9-6-5-7-10-14;/h5-7,9-10,20H,4,8,11-13H2,1-3H3;1H. The number of halogens is 1. The van der Waals surface area contributed by atoms with Crippen LogP contribution in [0.5, 0.6) is 0 Å². The number of benzene rings is 1. The third kappa shape index (κ3) is 3.45. The van der Waals surface area contributed by atoms with Crippen LogP contribution in [-0.2, 0) is 16.0 Å². The molecule has 0 aliphatic heterocycles. The van der Waals surface area contributed by atoms with Gasteiger partial charge in [0, 0.05) is 6.42 Å². The normalized spacial score (nSPS) is 27.5. The number of rotatable bonds is 5. The summed E-state index contributed by atoms with van der Waals surface area (Å²) in [5, 5.41) is 10.9. The van der Waals surface area contributed by atoms with Gasteiger partial charge in [-0.05, 0) is 38.9 Å². The molecule has 0 bridgehead atoms. The Kier molecular flexibility index (Phi) is 6.41. The molecular weight excluding hydrogens is 302 g/mol. The molecule has 1 aliphatic rings. The lowest BCUT2D eigenvalue weighted by Gasteiger charge is -2.45. The number of ether oxygens (including phenoxy) is 1. The summed E-state index contributed by atoms with van der Waals surface area (Å²) in [7, 11) is 3.87. The molecule has 0 heterocycles. The molecule has 2 atom stereocenters. The van der Waals surface area contributed by atoms with Gasteiger partial charge in [-0.3, -0.25) is 9.69 Å². The number of hydrogen-bond donors (Lipinski definition) is 1. The highest BCUT2D eigenvalue weighted by Gasteiger charge is 2.57. The molecule has 124 valence electrons. The minimum absolute atomic E-state index is 0. The highest BCUT2D eigenvalue weighted by atomic mass is 35.5. The number of nitrogens with zero attached hydrogens (tertiary/aromatic N) is 1. The van der Waals surface area contributed by atoms with Crippen LogP contribution in [-0.4, -0.2) is 41.4 Å². The molecular formula is C17H26ClNO3. The number of aliphatic hydroxyl groups is 1. The number of hydrogen-bond acceptors (Lipinski definition) is 4. The summed E-state index contributed by atoms with van der Waals surface area (Å²) in [6.45, 7) is 2.03. The van der Waals surface area contributed by atoms with Crippen LogP contribution in [0.3, 0.4) is 0 Å². The smallest absolute Gasteiger partial charge is 0.312 e. The van der Waals surface area contributed by atoms with Crippen molar-refractivity contribution in [3.8, 4) is 0 Å². The predicted octanol–water partition coefficient (Wildman–Crippen LogP) is 2.78. The van der Waals surface area contributed by atoms with Crippen molar-refractivity contribution in [3.05, 3.63) is 35.9 Å². The lowest BCUT2D eigenvalue weighted by Crippen LogP contribution is -2.60. The second-order valence-electron chi connectivity index (χ2n) is 6.05. The van der Waals surface area contributed by atoms with Crippen molar-refractivity contribution < 1.29 is 14.6 Å². The highest BCUT2D eigenvalue weighted by Crippen LogP contribution is 2.45. The molecule has 1 N–H and O–H groups in total. The average Bonchev–Trinajstić information content (AvgIpc) is 2.77. The first-order chi connectivity index (χ1) is 9.93. The zero-order valence-corrected chi connectivity index (χ0v) is 14.4. The maximum absolute atomic E-state index is 12.2. The maximum atomic E-state index is 12.2. The van der Waals surface area contributed by atoms with Gasteiger partial charge in [0.2, 0.25) is 5.79 Å². The molecule has 0 radical (unpaired) electrons. The lowest BCUT2D eigenvalue weighted by atomic mass is 9.87. The van der Waals surface area contributed by atoms with E-state index < -0.39 is 11.3 Å². The van der Waals surface area contributed by atoms with Crippen LogP contribution in [0, 0.1) is 0 Å². The molecule has 0 amide bonds. The molecule has 1 saturated carbocycles. The van der Waals surface area contributed by atoms with Gasteiger partial charge >= 0.3 is 5.97 Å². The van der Waals surface area contributed by atoms with Crippen LogP contribution < -0.4 is 0 Å². The minimum atomic E-state index is -1.39. The molecule has 1 fully saturated rings. The fraction of sp³-hybridized carbons (Fsp3) is 0.588. The van der Waals surface area contributed by atoms with Crippen LogP contribution in [0.1, 0.15) is 38.2 Å². The van der Waals surface area contributed by atoms with Crippen LogP contribution in [0.4, 0.5) is 0 Å². The molecule has 0 saturated heterocycles. The van der Waals surface area contributed by atoms with Gasteiger partial charge in [-0.2, -0.15) is 0 Å². The molecule has 22 heavy (non-hydrogen) atoms. The van der Waals surface area contributed by atoms with E-state index in [2.05, 4.69) is 0 Å². The van der Waals surface area contributed by atoms with Crippen molar-refractivity contribution in [2.45, 2.75) is 50.4 Å². The molecule has 2 rings (SSSR count). The summed E-state index contributed by atoms with van der Waals surface area (Å²) in [6.07, 6.45) is 3.14. The first kappa shape index (κ1) is 18.9.